The van der Waals surface area contributed by atoms with Crippen molar-refractivity contribution in [1.29, 1.82) is 0 Å². The zero-order chi connectivity index (χ0) is 11.8. The third kappa shape index (κ3) is 2.40. The van der Waals surface area contributed by atoms with Crippen LogP contribution in [0, 0.1) is 0 Å². The number of ether oxygens (including phenoxy) is 1. The molecule has 1 saturated heterocycles. The summed E-state index contributed by atoms with van der Waals surface area (Å²) in [5, 5.41) is 9.29. The lowest BCUT2D eigenvalue weighted by molar-refractivity contribution is -0.0659. The van der Waals surface area contributed by atoms with E-state index in [-0.39, 0.29) is 12.1 Å². The van der Waals surface area contributed by atoms with Gasteiger partial charge >= 0.3 is 0 Å². The maximum absolute atomic E-state index is 9.29. The smallest absolute Gasteiger partial charge is 0.0674 e. The molecule has 2 rings (SSSR count). The lowest BCUT2D eigenvalue weighted by Gasteiger charge is -2.41. The van der Waals surface area contributed by atoms with E-state index in [0.29, 0.717) is 18.2 Å². The fraction of sp³-hybridized carbons (Fsp3) is 1.00. The Balaban J connectivity index is 1.97. The van der Waals surface area contributed by atoms with Gasteiger partial charge in [0, 0.05) is 24.2 Å². The van der Waals surface area contributed by atoms with E-state index < -0.39 is 0 Å². The Hall–Kier alpha value is -0.160. The number of nitrogens with zero attached hydrogens (tertiary/aromatic N) is 1. The first-order chi connectivity index (χ1) is 7.54. The topological polar surface area (TPSA) is 58.7 Å². The van der Waals surface area contributed by atoms with Crippen molar-refractivity contribution in [2.24, 2.45) is 5.73 Å². The SMILES string of the molecule is CC1CN(C2CCC(N)(CO)C2)C(C)CO1. The minimum Gasteiger partial charge on any atom is -0.394 e. The van der Waals surface area contributed by atoms with Crippen LogP contribution < -0.4 is 5.73 Å². The largest absolute Gasteiger partial charge is 0.394 e. The molecule has 0 spiro atoms. The van der Waals surface area contributed by atoms with Crippen molar-refractivity contribution in [1.82, 2.24) is 4.90 Å². The molecule has 0 radical (unpaired) electrons. The standard InChI is InChI=1S/C12H24N2O2/c1-9-7-16-10(2)6-14(9)11-3-4-12(13,5-11)8-15/h9-11,15H,3-8,13H2,1-2H3. The quantitative estimate of drug-likeness (QED) is 0.715. The molecule has 16 heavy (non-hydrogen) atoms. The maximum Gasteiger partial charge on any atom is 0.0674 e. The highest BCUT2D eigenvalue weighted by atomic mass is 16.5. The van der Waals surface area contributed by atoms with Crippen molar-refractivity contribution >= 4 is 0 Å². The van der Waals surface area contributed by atoms with Gasteiger partial charge in [0.25, 0.3) is 0 Å². The van der Waals surface area contributed by atoms with Gasteiger partial charge in [0.1, 0.15) is 0 Å². The van der Waals surface area contributed by atoms with E-state index in [2.05, 4.69) is 18.7 Å². The second-order valence-corrected chi connectivity index (χ2v) is 5.61. The fourth-order valence-electron chi connectivity index (χ4n) is 2.99. The third-order valence-corrected chi connectivity index (χ3v) is 4.06. The highest BCUT2D eigenvalue weighted by Gasteiger charge is 2.40. The molecule has 0 aromatic rings. The van der Waals surface area contributed by atoms with E-state index in [1.54, 1.807) is 0 Å². The number of hydrogen-bond donors (Lipinski definition) is 2. The molecule has 4 unspecified atom stereocenters. The minimum atomic E-state index is -0.341. The Morgan fingerprint density at radius 3 is 2.88 bits per heavy atom. The molecular weight excluding hydrogens is 204 g/mol. The van der Waals surface area contributed by atoms with Gasteiger partial charge in [-0.2, -0.15) is 0 Å². The molecule has 0 aromatic heterocycles. The van der Waals surface area contributed by atoms with Crippen LogP contribution in [0.2, 0.25) is 0 Å². The second-order valence-electron chi connectivity index (χ2n) is 5.61. The Bertz CT molecular complexity index is 249. The van der Waals surface area contributed by atoms with Gasteiger partial charge in [-0.25, -0.2) is 0 Å². The van der Waals surface area contributed by atoms with Crippen molar-refractivity contribution in [3.05, 3.63) is 0 Å². The number of nitrogens with two attached hydrogens (primary N) is 1. The summed E-state index contributed by atoms with van der Waals surface area (Å²) >= 11 is 0. The lowest BCUT2D eigenvalue weighted by Crippen LogP contribution is -2.52. The summed E-state index contributed by atoms with van der Waals surface area (Å²) in [5.74, 6) is 0. The average Bonchev–Trinajstić information content (AvgIpc) is 2.65. The Labute approximate surface area is 97.7 Å². The van der Waals surface area contributed by atoms with Crippen LogP contribution in [0.15, 0.2) is 0 Å². The molecule has 1 heterocycles. The van der Waals surface area contributed by atoms with Gasteiger partial charge < -0.3 is 15.6 Å². The van der Waals surface area contributed by atoms with Crippen molar-refractivity contribution < 1.29 is 9.84 Å². The predicted molar refractivity (Wildman–Crippen MR) is 63.2 cm³/mol. The van der Waals surface area contributed by atoms with E-state index in [4.69, 9.17) is 10.5 Å². The van der Waals surface area contributed by atoms with Crippen LogP contribution >= 0.6 is 0 Å². The molecule has 0 bridgehead atoms. The van der Waals surface area contributed by atoms with Crippen LogP contribution in [0.3, 0.4) is 0 Å². The number of hydrogen-bond acceptors (Lipinski definition) is 4. The summed E-state index contributed by atoms with van der Waals surface area (Å²) in [5.41, 5.74) is 5.79. The average molecular weight is 228 g/mol. The zero-order valence-corrected chi connectivity index (χ0v) is 10.4. The zero-order valence-electron chi connectivity index (χ0n) is 10.4. The molecular formula is C12H24N2O2. The molecule has 0 amide bonds. The van der Waals surface area contributed by atoms with Gasteiger partial charge in [-0.3, -0.25) is 4.90 Å². The van der Waals surface area contributed by atoms with Gasteiger partial charge in [-0.05, 0) is 33.1 Å². The molecule has 4 nitrogen and oxygen atoms in total. The summed E-state index contributed by atoms with van der Waals surface area (Å²) < 4.78 is 5.64. The van der Waals surface area contributed by atoms with Gasteiger partial charge in [0.15, 0.2) is 0 Å². The van der Waals surface area contributed by atoms with E-state index in [9.17, 15) is 5.11 Å². The lowest BCUT2D eigenvalue weighted by atomic mass is 9.99. The monoisotopic (exact) mass is 228 g/mol. The first kappa shape index (κ1) is 12.3. The normalized spacial score (nSPS) is 46.1. The van der Waals surface area contributed by atoms with Crippen molar-refractivity contribution in [2.75, 3.05) is 19.8 Å². The summed E-state index contributed by atoms with van der Waals surface area (Å²) in [6.45, 7) is 6.25. The maximum atomic E-state index is 9.29. The Kier molecular flexibility index (Phi) is 3.54. The Morgan fingerprint density at radius 1 is 1.50 bits per heavy atom. The summed E-state index contributed by atoms with van der Waals surface area (Å²) in [6, 6.07) is 1.00. The van der Waals surface area contributed by atoms with Crippen molar-refractivity contribution in [2.45, 2.75) is 56.8 Å². The minimum absolute atomic E-state index is 0.109. The van der Waals surface area contributed by atoms with E-state index in [0.717, 1.165) is 32.4 Å². The molecule has 1 saturated carbocycles. The van der Waals surface area contributed by atoms with Crippen LogP contribution in [0.25, 0.3) is 0 Å². The van der Waals surface area contributed by atoms with Gasteiger partial charge in [0.2, 0.25) is 0 Å². The van der Waals surface area contributed by atoms with Crippen molar-refractivity contribution in [3.8, 4) is 0 Å². The first-order valence-corrected chi connectivity index (χ1v) is 6.31. The molecule has 0 aromatic carbocycles. The molecule has 94 valence electrons. The molecule has 4 heteroatoms. The van der Waals surface area contributed by atoms with Gasteiger partial charge in [0.05, 0.1) is 19.3 Å². The molecule has 4 atom stereocenters. The predicted octanol–water partition coefficient (Wildman–Crippen LogP) is 0.338. The molecule has 3 N–H and O–H groups in total. The van der Waals surface area contributed by atoms with Crippen molar-refractivity contribution in [3.63, 3.8) is 0 Å². The van der Waals surface area contributed by atoms with E-state index >= 15 is 0 Å². The van der Waals surface area contributed by atoms with Gasteiger partial charge in [-0.1, -0.05) is 0 Å². The number of rotatable bonds is 2. The summed E-state index contributed by atoms with van der Waals surface area (Å²) in [7, 11) is 0. The molecule has 2 aliphatic rings. The highest BCUT2D eigenvalue weighted by molar-refractivity contribution is 4.98. The highest BCUT2D eigenvalue weighted by Crippen LogP contribution is 2.33. The van der Waals surface area contributed by atoms with E-state index in [1.165, 1.54) is 0 Å². The van der Waals surface area contributed by atoms with Crippen LogP contribution in [0.5, 0.6) is 0 Å². The van der Waals surface area contributed by atoms with Crippen LogP contribution in [-0.4, -0.2) is 53.5 Å². The number of aliphatic hydroxyl groups excluding tert-OH is 1. The van der Waals surface area contributed by atoms with Crippen LogP contribution in [-0.2, 0) is 4.74 Å². The fourth-order valence-corrected chi connectivity index (χ4v) is 2.99. The summed E-state index contributed by atoms with van der Waals surface area (Å²) in [4.78, 5) is 2.51. The summed E-state index contributed by atoms with van der Waals surface area (Å²) in [6.07, 6.45) is 3.28. The molecule has 1 aliphatic carbocycles. The third-order valence-electron chi connectivity index (χ3n) is 4.06. The second kappa shape index (κ2) is 4.61. The van der Waals surface area contributed by atoms with Crippen LogP contribution in [0.4, 0.5) is 0 Å². The Morgan fingerprint density at radius 2 is 2.25 bits per heavy atom. The van der Waals surface area contributed by atoms with Gasteiger partial charge in [-0.15, -0.1) is 0 Å². The number of aliphatic hydroxyl groups is 1. The van der Waals surface area contributed by atoms with E-state index in [1.807, 2.05) is 0 Å². The number of morpholine rings is 1. The van der Waals surface area contributed by atoms with Crippen LogP contribution in [0.1, 0.15) is 33.1 Å². The molecule has 2 fully saturated rings. The molecule has 1 aliphatic heterocycles. The first-order valence-electron chi connectivity index (χ1n) is 6.31.